The van der Waals surface area contributed by atoms with Gasteiger partial charge in [-0.15, -0.1) is 0 Å². The zero-order valence-electron chi connectivity index (χ0n) is 12.7. The molecule has 2 nitrogen and oxygen atoms in total. The molecule has 0 aliphatic heterocycles. The van der Waals surface area contributed by atoms with Gasteiger partial charge in [0.1, 0.15) is 0 Å². The molecule has 0 spiro atoms. The van der Waals surface area contributed by atoms with Crippen LogP contribution in [0.15, 0.2) is 0 Å². The Labute approximate surface area is 102 Å². The topological polar surface area (TPSA) is 29.5 Å². The maximum absolute atomic E-state index is 11.0. The van der Waals surface area contributed by atoms with E-state index >= 15 is 0 Å². The highest BCUT2D eigenvalue weighted by molar-refractivity contribution is 4.27. The molecule has 0 unspecified atom stereocenters. The summed E-state index contributed by atoms with van der Waals surface area (Å²) in [4.78, 5) is 0. The van der Waals surface area contributed by atoms with Crippen LogP contribution in [-0.2, 0) is 4.74 Å². The third kappa shape index (κ3) is 668. The maximum Gasteiger partial charge on any atom is 0.0945 e. The van der Waals surface area contributed by atoms with Gasteiger partial charge in [-0.25, -0.2) is 4.39 Å². The number of rotatable bonds is 1. The molecule has 104 valence electrons. The molecular weight excluding hydrogens is 207 g/mol. The van der Waals surface area contributed by atoms with E-state index < -0.39 is 6.17 Å². The van der Waals surface area contributed by atoms with Gasteiger partial charge in [0.05, 0.1) is 12.3 Å². The predicted octanol–water partition coefficient (Wildman–Crippen LogP) is 4.21. The second-order valence-corrected chi connectivity index (χ2v) is 4.10. The molecule has 0 amide bonds. The second kappa shape index (κ2) is 24.2. The lowest BCUT2D eigenvalue weighted by Crippen LogP contribution is -1.94. The molecule has 16 heavy (non-hydrogen) atoms. The van der Waals surface area contributed by atoms with E-state index in [0.717, 1.165) is 0 Å². The van der Waals surface area contributed by atoms with Gasteiger partial charge in [-0.05, 0) is 41.5 Å². The molecule has 0 fully saturated rings. The summed E-state index contributed by atoms with van der Waals surface area (Å²) in [6, 6.07) is 0. The number of aliphatic hydroxyl groups is 1. The Hall–Kier alpha value is -0.150. The molecule has 0 saturated heterocycles. The molecule has 0 atom stereocenters. The van der Waals surface area contributed by atoms with E-state index in [9.17, 15) is 4.39 Å². The Bertz CT molecular complexity index is 72.5. The van der Waals surface area contributed by atoms with Crippen molar-refractivity contribution in [2.24, 2.45) is 0 Å². The molecule has 0 radical (unpaired) electrons. The van der Waals surface area contributed by atoms with E-state index in [1.165, 1.54) is 20.3 Å². The summed E-state index contributed by atoms with van der Waals surface area (Å²) in [5.41, 5.74) is 0. The lowest BCUT2D eigenvalue weighted by molar-refractivity contribution is 0.134. The van der Waals surface area contributed by atoms with Crippen molar-refractivity contribution >= 4 is 0 Å². The fourth-order valence-corrected chi connectivity index (χ4v) is 0. The maximum atomic E-state index is 11.0. The Morgan fingerprint density at radius 2 is 1.06 bits per heavy atom. The van der Waals surface area contributed by atoms with Gasteiger partial charge in [0.2, 0.25) is 0 Å². The van der Waals surface area contributed by atoms with Gasteiger partial charge in [-0.2, -0.15) is 0 Å². The quantitative estimate of drug-likeness (QED) is 0.744. The third-order valence-corrected chi connectivity index (χ3v) is 0.471. The first-order valence-corrected chi connectivity index (χ1v) is 6.00. The van der Waals surface area contributed by atoms with Crippen LogP contribution < -0.4 is 0 Å². The van der Waals surface area contributed by atoms with Crippen LogP contribution in [0.25, 0.3) is 0 Å². The minimum Gasteiger partial charge on any atom is -0.394 e. The van der Waals surface area contributed by atoms with Crippen molar-refractivity contribution in [3.63, 3.8) is 0 Å². The first-order chi connectivity index (χ1) is 7.15. The minimum absolute atomic E-state index is 0.167. The molecule has 0 aromatic rings. The van der Waals surface area contributed by atoms with Crippen molar-refractivity contribution in [2.75, 3.05) is 7.11 Å². The molecule has 0 heterocycles. The fourth-order valence-electron chi connectivity index (χ4n) is 0. The Kier molecular flexibility index (Phi) is 37.6. The Morgan fingerprint density at radius 1 is 1.00 bits per heavy atom. The predicted molar refractivity (Wildman–Crippen MR) is 71.7 cm³/mol. The molecule has 0 aliphatic rings. The monoisotopic (exact) mass is 240 g/mol. The Balaban J connectivity index is -0.0000000610. The number of hydrogen-bond acceptors (Lipinski definition) is 2. The normalized spacial score (nSPS) is 8.62. The van der Waals surface area contributed by atoms with Crippen molar-refractivity contribution in [1.29, 1.82) is 0 Å². The highest BCUT2D eigenvalue weighted by Gasteiger charge is 1.78. The van der Waals surface area contributed by atoms with E-state index in [2.05, 4.69) is 13.8 Å². The van der Waals surface area contributed by atoms with E-state index in [-0.39, 0.29) is 6.10 Å². The summed E-state index contributed by atoms with van der Waals surface area (Å²) in [7, 11) is 1.70. The summed E-state index contributed by atoms with van der Waals surface area (Å²) in [5, 5.41) is 8.06. The molecule has 1 N–H and O–H groups in total. The van der Waals surface area contributed by atoms with Gasteiger partial charge in [-0.3, -0.25) is 0 Å². The number of halogens is 1. The third-order valence-electron chi connectivity index (χ3n) is 0.471. The van der Waals surface area contributed by atoms with Gasteiger partial charge >= 0.3 is 0 Å². The van der Waals surface area contributed by atoms with Crippen LogP contribution in [0.3, 0.4) is 0 Å². The molecule has 0 aromatic heterocycles. The number of alkyl halides is 1. The summed E-state index contributed by atoms with van der Waals surface area (Å²) in [6.07, 6.45) is 0.801. The van der Waals surface area contributed by atoms with E-state index in [1.54, 1.807) is 21.0 Å². The standard InChI is InChI=1S/C4H10O.C3H7F.C3H8O.C3H8/c1-4(2)5-3;2*1-3(2)4;1-3-2/h4H,1-3H3;3H,1-2H3;3-4H,1-2H3;3H2,1-2H3. The number of ether oxygens (including phenoxy) is 1. The highest BCUT2D eigenvalue weighted by atomic mass is 19.1. The van der Waals surface area contributed by atoms with Gasteiger partial charge in [-0.1, -0.05) is 20.3 Å². The minimum atomic E-state index is -0.667. The van der Waals surface area contributed by atoms with E-state index in [1.807, 2.05) is 13.8 Å². The summed E-state index contributed by atoms with van der Waals surface area (Å²) < 4.78 is 15.8. The Morgan fingerprint density at radius 3 is 1.06 bits per heavy atom. The first kappa shape index (κ1) is 24.9. The van der Waals surface area contributed by atoms with Crippen LogP contribution in [0.4, 0.5) is 4.39 Å². The number of methoxy groups -OCH3 is 1. The van der Waals surface area contributed by atoms with Gasteiger partial charge in [0, 0.05) is 13.2 Å². The number of aliphatic hydroxyl groups excluding tert-OH is 1. The van der Waals surface area contributed by atoms with Crippen molar-refractivity contribution in [2.45, 2.75) is 80.2 Å². The summed E-state index contributed by atoms with van der Waals surface area (Å²) in [5.74, 6) is 0. The molecule has 0 saturated carbocycles. The molecule has 0 aliphatic carbocycles. The lowest BCUT2D eigenvalue weighted by atomic mass is 10.5. The average molecular weight is 240 g/mol. The SMILES string of the molecule is CC(C)F.CC(C)O.CCC.COC(C)C. The van der Waals surface area contributed by atoms with Crippen LogP contribution >= 0.6 is 0 Å². The highest BCUT2D eigenvalue weighted by Crippen LogP contribution is 1.78. The smallest absolute Gasteiger partial charge is 0.0945 e. The van der Waals surface area contributed by atoms with Crippen LogP contribution in [0.2, 0.25) is 0 Å². The van der Waals surface area contributed by atoms with Gasteiger partial charge in [0.15, 0.2) is 0 Å². The molecule has 0 rings (SSSR count). The number of hydrogen-bond donors (Lipinski definition) is 1. The summed E-state index contributed by atoms with van der Waals surface area (Å²) >= 11 is 0. The van der Waals surface area contributed by atoms with Crippen molar-refractivity contribution in [3.8, 4) is 0 Å². The van der Waals surface area contributed by atoms with Crippen LogP contribution in [0.5, 0.6) is 0 Å². The molecule has 0 aromatic carbocycles. The van der Waals surface area contributed by atoms with E-state index in [0.29, 0.717) is 6.10 Å². The molecule has 3 heteroatoms. The average Bonchev–Trinajstić information content (AvgIpc) is 2.03. The second-order valence-electron chi connectivity index (χ2n) is 4.10. The summed E-state index contributed by atoms with van der Waals surface area (Å²) in [6.45, 7) is 14.7. The molecule has 0 bridgehead atoms. The van der Waals surface area contributed by atoms with Crippen LogP contribution in [-0.4, -0.2) is 30.6 Å². The zero-order chi connectivity index (χ0) is 14.1. The van der Waals surface area contributed by atoms with Gasteiger partial charge < -0.3 is 9.84 Å². The van der Waals surface area contributed by atoms with Gasteiger partial charge in [0.25, 0.3) is 0 Å². The van der Waals surface area contributed by atoms with Crippen LogP contribution in [0, 0.1) is 0 Å². The zero-order valence-corrected chi connectivity index (χ0v) is 12.7. The largest absolute Gasteiger partial charge is 0.394 e. The van der Waals surface area contributed by atoms with E-state index in [4.69, 9.17) is 9.84 Å². The molecular formula is C13H33FO2. The fraction of sp³-hybridized carbons (Fsp3) is 1.00. The van der Waals surface area contributed by atoms with Crippen molar-refractivity contribution in [1.82, 2.24) is 0 Å². The lowest BCUT2D eigenvalue weighted by Gasteiger charge is -1.94. The van der Waals surface area contributed by atoms with Crippen molar-refractivity contribution in [3.05, 3.63) is 0 Å². The van der Waals surface area contributed by atoms with Crippen molar-refractivity contribution < 1.29 is 14.2 Å². The first-order valence-electron chi connectivity index (χ1n) is 6.00. The van der Waals surface area contributed by atoms with Crippen LogP contribution in [0.1, 0.15) is 61.8 Å².